The molecule has 2 rings (SSSR count). The van der Waals surface area contributed by atoms with Crippen LogP contribution in [0, 0.1) is 17.6 Å². The summed E-state index contributed by atoms with van der Waals surface area (Å²) in [6.45, 7) is 2.18. The van der Waals surface area contributed by atoms with Crippen molar-refractivity contribution >= 4 is 5.91 Å². The van der Waals surface area contributed by atoms with Crippen LogP contribution in [0.4, 0.5) is 8.78 Å². The van der Waals surface area contributed by atoms with Crippen LogP contribution in [-0.2, 0) is 0 Å². The van der Waals surface area contributed by atoms with Crippen molar-refractivity contribution in [3.63, 3.8) is 0 Å². The Labute approximate surface area is 118 Å². The number of hydrogen-bond donors (Lipinski definition) is 1. The fourth-order valence-electron chi connectivity index (χ4n) is 2.95. The lowest BCUT2D eigenvalue weighted by atomic mass is 9.83. The maximum atomic E-state index is 13.5. The quantitative estimate of drug-likeness (QED) is 0.886. The molecule has 0 saturated heterocycles. The summed E-state index contributed by atoms with van der Waals surface area (Å²) in [7, 11) is 0. The topological polar surface area (TPSA) is 29.1 Å². The number of rotatable bonds is 4. The van der Waals surface area contributed by atoms with Crippen molar-refractivity contribution in [2.75, 3.05) is 0 Å². The van der Waals surface area contributed by atoms with Crippen LogP contribution in [0.5, 0.6) is 0 Å². The second kappa shape index (κ2) is 6.82. The highest BCUT2D eigenvalue weighted by Crippen LogP contribution is 2.28. The minimum atomic E-state index is -1.07. The lowest BCUT2D eigenvalue weighted by Crippen LogP contribution is -2.38. The monoisotopic (exact) mass is 281 g/mol. The molecule has 1 amide bonds. The van der Waals surface area contributed by atoms with E-state index in [9.17, 15) is 13.6 Å². The highest BCUT2D eigenvalue weighted by Gasteiger charge is 2.23. The minimum Gasteiger partial charge on any atom is -0.349 e. The molecule has 1 fully saturated rings. The standard InChI is InChI=1S/C16H21F2NO/c1-2-4-11-7-9-12(10-8-11)19-16(20)13-5-3-6-14(17)15(13)18/h3,5-6,11-12H,2,4,7-10H2,1H3,(H,19,20). The number of carbonyl (C=O) groups is 1. The molecule has 1 aliphatic rings. The van der Waals surface area contributed by atoms with Gasteiger partial charge in [0.05, 0.1) is 5.56 Å². The van der Waals surface area contributed by atoms with Crippen molar-refractivity contribution in [2.45, 2.75) is 51.5 Å². The van der Waals surface area contributed by atoms with E-state index < -0.39 is 17.5 Å². The molecule has 20 heavy (non-hydrogen) atoms. The Kier molecular flexibility index (Phi) is 5.10. The summed E-state index contributed by atoms with van der Waals surface area (Å²) in [5.41, 5.74) is -0.208. The highest BCUT2D eigenvalue weighted by molar-refractivity contribution is 5.94. The molecule has 0 spiro atoms. The summed E-state index contributed by atoms with van der Waals surface area (Å²) < 4.78 is 26.6. The van der Waals surface area contributed by atoms with Crippen LogP contribution in [0.15, 0.2) is 18.2 Å². The van der Waals surface area contributed by atoms with Gasteiger partial charge in [0.15, 0.2) is 11.6 Å². The molecule has 110 valence electrons. The first kappa shape index (κ1) is 14.9. The van der Waals surface area contributed by atoms with Gasteiger partial charge in [0.2, 0.25) is 0 Å². The molecular formula is C16H21F2NO. The number of halogens is 2. The molecular weight excluding hydrogens is 260 g/mol. The van der Waals surface area contributed by atoms with Gasteiger partial charge in [0, 0.05) is 6.04 Å². The van der Waals surface area contributed by atoms with E-state index in [1.54, 1.807) is 0 Å². The van der Waals surface area contributed by atoms with Gasteiger partial charge < -0.3 is 5.32 Å². The third kappa shape index (κ3) is 3.56. The second-order valence-electron chi connectivity index (χ2n) is 5.58. The summed E-state index contributed by atoms with van der Waals surface area (Å²) >= 11 is 0. The summed E-state index contributed by atoms with van der Waals surface area (Å²) in [5, 5.41) is 2.82. The van der Waals surface area contributed by atoms with Crippen molar-refractivity contribution in [2.24, 2.45) is 5.92 Å². The smallest absolute Gasteiger partial charge is 0.254 e. The number of benzene rings is 1. The Morgan fingerprint density at radius 3 is 2.60 bits per heavy atom. The van der Waals surface area contributed by atoms with Crippen molar-refractivity contribution in [3.05, 3.63) is 35.4 Å². The predicted octanol–water partition coefficient (Wildman–Crippen LogP) is 4.05. The summed E-state index contributed by atoms with van der Waals surface area (Å²) in [6.07, 6.45) is 6.48. The number of nitrogens with one attached hydrogen (secondary N) is 1. The fourth-order valence-corrected chi connectivity index (χ4v) is 2.95. The van der Waals surface area contributed by atoms with Crippen LogP contribution >= 0.6 is 0 Å². The Hall–Kier alpha value is -1.45. The molecule has 1 aliphatic carbocycles. The highest BCUT2D eigenvalue weighted by atomic mass is 19.2. The molecule has 1 aromatic rings. The maximum absolute atomic E-state index is 13.5. The predicted molar refractivity (Wildman–Crippen MR) is 74.5 cm³/mol. The lowest BCUT2D eigenvalue weighted by Gasteiger charge is -2.29. The lowest BCUT2D eigenvalue weighted by molar-refractivity contribution is 0.0916. The Balaban J connectivity index is 1.91. The van der Waals surface area contributed by atoms with Crippen LogP contribution in [0.2, 0.25) is 0 Å². The van der Waals surface area contributed by atoms with Crippen LogP contribution in [0.3, 0.4) is 0 Å². The summed E-state index contributed by atoms with van der Waals surface area (Å²) in [6, 6.07) is 3.77. The van der Waals surface area contributed by atoms with Gasteiger partial charge in [-0.2, -0.15) is 0 Å². The maximum Gasteiger partial charge on any atom is 0.254 e. The van der Waals surface area contributed by atoms with E-state index >= 15 is 0 Å². The number of hydrogen-bond acceptors (Lipinski definition) is 1. The van der Waals surface area contributed by atoms with Gasteiger partial charge in [0.1, 0.15) is 0 Å². The number of amides is 1. The Morgan fingerprint density at radius 1 is 1.25 bits per heavy atom. The van der Waals surface area contributed by atoms with Gasteiger partial charge in [-0.3, -0.25) is 4.79 Å². The van der Waals surface area contributed by atoms with E-state index in [-0.39, 0.29) is 11.6 Å². The molecule has 0 aliphatic heterocycles. The Bertz CT molecular complexity index is 468. The molecule has 0 aromatic heterocycles. The largest absolute Gasteiger partial charge is 0.349 e. The average molecular weight is 281 g/mol. The molecule has 0 bridgehead atoms. The molecule has 1 N–H and O–H groups in total. The first-order valence-electron chi connectivity index (χ1n) is 7.36. The zero-order valence-corrected chi connectivity index (χ0v) is 11.8. The van der Waals surface area contributed by atoms with Crippen LogP contribution < -0.4 is 5.32 Å². The molecule has 0 unspecified atom stereocenters. The Morgan fingerprint density at radius 2 is 1.95 bits per heavy atom. The zero-order valence-electron chi connectivity index (χ0n) is 11.8. The minimum absolute atomic E-state index is 0.0817. The van der Waals surface area contributed by atoms with Crippen molar-refractivity contribution in [3.8, 4) is 0 Å². The molecule has 0 heterocycles. The van der Waals surface area contributed by atoms with Gasteiger partial charge in [-0.1, -0.05) is 25.8 Å². The van der Waals surface area contributed by atoms with Gasteiger partial charge >= 0.3 is 0 Å². The van der Waals surface area contributed by atoms with Gasteiger partial charge in [0.25, 0.3) is 5.91 Å². The third-order valence-electron chi connectivity index (χ3n) is 4.08. The molecule has 2 nitrogen and oxygen atoms in total. The van der Waals surface area contributed by atoms with E-state index in [4.69, 9.17) is 0 Å². The van der Waals surface area contributed by atoms with E-state index in [1.165, 1.54) is 25.0 Å². The van der Waals surface area contributed by atoms with E-state index in [2.05, 4.69) is 12.2 Å². The first-order chi connectivity index (χ1) is 9.61. The molecule has 0 radical (unpaired) electrons. The SMILES string of the molecule is CCCC1CCC(NC(=O)c2cccc(F)c2F)CC1. The molecule has 1 aromatic carbocycles. The fraction of sp³-hybridized carbons (Fsp3) is 0.562. The third-order valence-corrected chi connectivity index (χ3v) is 4.08. The zero-order chi connectivity index (χ0) is 14.5. The van der Waals surface area contributed by atoms with Gasteiger partial charge in [-0.05, 0) is 43.7 Å². The molecule has 0 atom stereocenters. The van der Waals surface area contributed by atoms with Crippen LogP contribution in [0.1, 0.15) is 55.8 Å². The van der Waals surface area contributed by atoms with E-state index in [0.717, 1.165) is 37.7 Å². The van der Waals surface area contributed by atoms with Gasteiger partial charge in [-0.15, -0.1) is 0 Å². The summed E-state index contributed by atoms with van der Waals surface area (Å²) in [5.74, 6) is -1.81. The summed E-state index contributed by atoms with van der Waals surface area (Å²) in [4.78, 5) is 12.0. The second-order valence-corrected chi connectivity index (χ2v) is 5.58. The normalized spacial score (nSPS) is 22.6. The van der Waals surface area contributed by atoms with Crippen molar-refractivity contribution < 1.29 is 13.6 Å². The van der Waals surface area contributed by atoms with Crippen molar-refractivity contribution in [1.29, 1.82) is 0 Å². The van der Waals surface area contributed by atoms with E-state index in [0.29, 0.717) is 0 Å². The first-order valence-corrected chi connectivity index (χ1v) is 7.36. The average Bonchev–Trinajstić information content (AvgIpc) is 2.44. The van der Waals surface area contributed by atoms with Crippen LogP contribution in [0.25, 0.3) is 0 Å². The molecule has 4 heteroatoms. The van der Waals surface area contributed by atoms with E-state index in [1.807, 2.05) is 0 Å². The van der Waals surface area contributed by atoms with Crippen LogP contribution in [-0.4, -0.2) is 11.9 Å². The molecule has 1 saturated carbocycles. The van der Waals surface area contributed by atoms with Gasteiger partial charge in [-0.25, -0.2) is 8.78 Å². The van der Waals surface area contributed by atoms with Crippen molar-refractivity contribution in [1.82, 2.24) is 5.32 Å². The number of carbonyl (C=O) groups excluding carboxylic acids is 1.